The van der Waals surface area contributed by atoms with Gasteiger partial charge in [0.1, 0.15) is 6.04 Å². The highest BCUT2D eigenvalue weighted by Gasteiger charge is 2.39. The molecule has 0 radical (unpaired) electrons. The van der Waals surface area contributed by atoms with Crippen molar-refractivity contribution in [3.8, 4) is 0 Å². The lowest BCUT2D eigenvalue weighted by Gasteiger charge is -2.41. The largest absolute Gasteiger partial charge is 0.345 e. The van der Waals surface area contributed by atoms with Gasteiger partial charge < -0.3 is 10.2 Å². The van der Waals surface area contributed by atoms with Gasteiger partial charge in [0.25, 0.3) is 0 Å². The molecule has 104 valence electrons. The number of hydrogen-bond donors (Lipinski definition) is 1. The first-order valence-corrected chi connectivity index (χ1v) is 7.56. The van der Waals surface area contributed by atoms with E-state index in [9.17, 15) is 9.59 Å². The first kappa shape index (κ1) is 14.1. The Kier molecular flexibility index (Phi) is 4.24. The highest BCUT2D eigenvalue weighted by Crippen LogP contribution is 2.34. The van der Waals surface area contributed by atoms with Crippen LogP contribution in [0.5, 0.6) is 0 Å². The summed E-state index contributed by atoms with van der Waals surface area (Å²) in [6, 6.07) is 3.67. The molecule has 4 nitrogen and oxygen atoms in total. The van der Waals surface area contributed by atoms with Crippen LogP contribution in [0.25, 0.3) is 0 Å². The van der Waals surface area contributed by atoms with Crippen molar-refractivity contribution in [2.45, 2.75) is 39.3 Å². The highest BCUT2D eigenvalue weighted by molar-refractivity contribution is 7.10. The molecular weight excluding hydrogens is 260 g/mol. The summed E-state index contributed by atoms with van der Waals surface area (Å²) in [6.45, 7) is 6.25. The predicted octanol–water partition coefficient (Wildman–Crippen LogP) is 2.18. The predicted molar refractivity (Wildman–Crippen MR) is 75.8 cm³/mol. The Balaban J connectivity index is 2.38. The molecule has 0 bridgehead atoms. The number of amides is 2. The standard InChI is InChI=1S/C14H20N2O2S/c1-4-10-14(18)15-8-12(17)16(10)13(9(2)3)11-6-5-7-19-11/h5-7,9-10,13H,4,8H2,1-3H3,(H,15,18). The van der Waals surface area contributed by atoms with E-state index in [1.807, 2.05) is 24.4 Å². The number of nitrogens with one attached hydrogen (secondary N) is 1. The van der Waals surface area contributed by atoms with Gasteiger partial charge in [0.15, 0.2) is 0 Å². The van der Waals surface area contributed by atoms with Crippen molar-refractivity contribution < 1.29 is 9.59 Å². The molecule has 0 spiro atoms. The summed E-state index contributed by atoms with van der Waals surface area (Å²) >= 11 is 1.64. The van der Waals surface area contributed by atoms with Crippen LogP contribution in [0, 0.1) is 5.92 Å². The molecule has 1 aliphatic rings. The van der Waals surface area contributed by atoms with E-state index in [1.54, 1.807) is 16.2 Å². The fourth-order valence-corrected chi connectivity index (χ4v) is 3.65. The highest BCUT2D eigenvalue weighted by atomic mass is 32.1. The maximum atomic E-state index is 12.3. The molecule has 1 aromatic heterocycles. The Morgan fingerprint density at radius 3 is 2.74 bits per heavy atom. The lowest BCUT2D eigenvalue weighted by molar-refractivity contribution is -0.149. The zero-order chi connectivity index (χ0) is 14.0. The van der Waals surface area contributed by atoms with Gasteiger partial charge in [0.05, 0.1) is 12.6 Å². The molecular formula is C14H20N2O2S. The minimum atomic E-state index is -0.351. The molecule has 0 aliphatic carbocycles. The van der Waals surface area contributed by atoms with Gasteiger partial charge in [-0.15, -0.1) is 11.3 Å². The van der Waals surface area contributed by atoms with Crippen molar-refractivity contribution in [1.82, 2.24) is 10.2 Å². The Morgan fingerprint density at radius 1 is 1.47 bits per heavy atom. The van der Waals surface area contributed by atoms with Gasteiger partial charge in [-0.2, -0.15) is 0 Å². The van der Waals surface area contributed by atoms with E-state index in [-0.39, 0.29) is 36.4 Å². The van der Waals surface area contributed by atoms with Crippen molar-refractivity contribution in [2.24, 2.45) is 5.92 Å². The van der Waals surface area contributed by atoms with Crippen LogP contribution in [0.15, 0.2) is 17.5 Å². The average molecular weight is 280 g/mol. The third-order valence-corrected chi connectivity index (χ3v) is 4.44. The summed E-state index contributed by atoms with van der Waals surface area (Å²) in [6.07, 6.45) is 0.645. The zero-order valence-electron chi connectivity index (χ0n) is 11.6. The maximum absolute atomic E-state index is 12.3. The molecule has 1 fully saturated rings. The SMILES string of the molecule is CCC1C(=O)NCC(=O)N1C(c1cccs1)C(C)C. The second-order valence-electron chi connectivity index (χ2n) is 5.15. The molecule has 2 unspecified atom stereocenters. The monoisotopic (exact) mass is 280 g/mol. The fourth-order valence-electron chi connectivity index (χ4n) is 2.65. The molecule has 2 atom stereocenters. The second kappa shape index (κ2) is 5.74. The van der Waals surface area contributed by atoms with Gasteiger partial charge in [-0.25, -0.2) is 0 Å². The molecule has 1 aromatic rings. The summed E-state index contributed by atoms with van der Waals surface area (Å²) in [5.41, 5.74) is 0. The van der Waals surface area contributed by atoms with Crippen molar-refractivity contribution in [3.05, 3.63) is 22.4 Å². The van der Waals surface area contributed by atoms with Crippen LogP contribution in [0.2, 0.25) is 0 Å². The van der Waals surface area contributed by atoms with Crippen LogP contribution in [0.3, 0.4) is 0 Å². The third kappa shape index (κ3) is 2.66. The Bertz CT molecular complexity index is 456. The third-order valence-electron chi connectivity index (χ3n) is 3.49. The molecule has 2 heterocycles. The topological polar surface area (TPSA) is 49.4 Å². The molecule has 19 heavy (non-hydrogen) atoms. The van der Waals surface area contributed by atoms with Crippen molar-refractivity contribution in [1.29, 1.82) is 0 Å². The van der Waals surface area contributed by atoms with E-state index in [0.717, 1.165) is 4.88 Å². The molecule has 0 aromatic carbocycles. The van der Waals surface area contributed by atoms with Crippen LogP contribution >= 0.6 is 11.3 Å². The van der Waals surface area contributed by atoms with Gasteiger partial charge in [-0.1, -0.05) is 26.8 Å². The van der Waals surface area contributed by atoms with Crippen molar-refractivity contribution in [2.75, 3.05) is 6.54 Å². The number of thiophene rings is 1. The zero-order valence-corrected chi connectivity index (χ0v) is 12.4. The quantitative estimate of drug-likeness (QED) is 0.919. The van der Waals surface area contributed by atoms with E-state index in [4.69, 9.17) is 0 Å². The fraction of sp³-hybridized carbons (Fsp3) is 0.571. The first-order chi connectivity index (χ1) is 9.06. The van der Waals surface area contributed by atoms with Gasteiger partial charge >= 0.3 is 0 Å². The summed E-state index contributed by atoms with van der Waals surface area (Å²) in [5.74, 6) is 0.255. The van der Waals surface area contributed by atoms with Crippen LogP contribution in [0.4, 0.5) is 0 Å². The minimum Gasteiger partial charge on any atom is -0.345 e. The first-order valence-electron chi connectivity index (χ1n) is 6.68. The summed E-state index contributed by atoms with van der Waals surface area (Å²) < 4.78 is 0. The molecule has 0 saturated carbocycles. The Hall–Kier alpha value is -1.36. The van der Waals surface area contributed by atoms with Crippen LogP contribution < -0.4 is 5.32 Å². The Labute approximate surface area is 117 Å². The molecule has 1 saturated heterocycles. The van der Waals surface area contributed by atoms with Crippen LogP contribution in [-0.4, -0.2) is 29.3 Å². The van der Waals surface area contributed by atoms with E-state index in [2.05, 4.69) is 19.2 Å². The Morgan fingerprint density at radius 2 is 2.21 bits per heavy atom. The molecule has 1 N–H and O–H groups in total. The van der Waals surface area contributed by atoms with Crippen molar-refractivity contribution >= 4 is 23.2 Å². The van der Waals surface area contributed by atoms with Gasteiger partial charge in [-0.05, 0) is 23.8 Å². The van der Waals surface area contributed by atoms with E-state index >= 15 is 0 Å². The normalized spacial score (nSPS) is 21.7. The van der Waals surface area contributed by atoms with E-state index < -0.39 is 0 Å². The summed E-state index contributed by atoms with van der Waals surface area (Å²) in [5, 5.41) is 4.69. The van der Waals surface area contributed by atoms with Crippen molar-refractivity contribution in [3.63, 3.8) is 0 Å². The lowest BCUT2D eigenvalue weighted by atomic mass is 9.96. The van der Waals surface area contributed by atoms with Gasteiger partial charge in [0, 0.05) is 4.88 Å². The minimum absolute atomic E-state index is 0.0106. The summed E-state index contributed by atoms with van der Waals surface area (Å²) in [4.78, 5) is 27.2. The van der Waals surface area contributed by atoms with Crippen LogP contribution in [-0.2, 0) is 9.59 Å². The second-order valence-corrected chi connectivity index (χ2v) is 6.13. The number of carbonyl (C=O) groups excluding carboxylic acids is 2. The maximum Gasteiger partial charge on any atom is 0.243 e. The van der Waals surface area contributed by atoms with Crippen LogP contribution in [0.1, 0.15) is 38.1 Å². The van der Waals surface area contributed by atoms with Gasteiger partial charge in [-0.3, -0.25) is 9.59 Å². The van der Waals surface area contributed by atoms with Gasteiger partial charge in [0.2, 0.25) is 11.8 Å². The number of carbonyl (C=O) groups is 2. The van der Waals surface area contributed by atoms with E-state index in [0.29, 0.717) is 6.42 Å². The van der Waals surface area contributed by atoms with E-state index in [1.165, 1.54) is 0 Å². The number of rotatable bonds is 4. The smallest absolute Gasteiger partial charge is 0.243 e. The number of piperazine rings is 1. The number of hydrogen-bond acceptors (Lipinski definition) is 3. The average Bonchev–Trinajstić information content (AvgIpc) is 2.87. The molecule has 5 heteroatoms. The molecule has 2 amide bonds. The summed E-state index contributed by atoms with van der Waals surface area (Å²) in [7, 11) is 0. The number of nitrogens with zero attached hydrogens (tertiary/aromatic N) is 1. The lowest BCUT2D eigenvalue weighted by Crippen LogP contribution is -2.59. The molecule has 1 aliphatic heterocycles. The molecule has 2 rings (SSSR count).